The molecule has 1 rings (SSSR count). The highest BCUT2D eigenvalue weighted by Crippen LogP contribution is 2.65. The molecular weight excluding hydrogens is 511 g/mol. The van der Waals surface area contributed by atoms with E-state index in [1.54, 1.807) is 25.1 Å². The predicted molar refractivity (Wildman–Crippen MR) is 129 cm³/mol. The number of amides is 2. The normalized spacial score (nSPS) is 24.9. The van der Waals surface area contributed by atoms with Crippen LogP contribution in [0.25, 0.3) is 0 Å². The lowest BCUT2D eigenvalue weighted by molar-refractivity contribution is -0.104. The highest BCUT2D eigenvalue weighted by atomic mass is 31.3. The van der Waals surface area contributed by atoms with E-state index < -0.39 is 59.8 Å². The zero-order valence-electron chi connectivity index (χ0n) is 20.7. The first-order chi connectivity index (χ1) is 15.4. The van der Waals surface area contributed by atoms with Crippen LogP contribution in [0.4, 0.5) is 4.79 Å². The summed E-state index contributed by atoms with van der Waals surface area (Å²) in [6.07, 6.45) is 0.103. The maximum Gasteiger partial charge on any atom is 0.333 e. The smallest absolute Gasteiger partial charge is 0.333 e. The molecule has 16 heteroatoms. The number of likely N-dealkylation sites (N-methyl/N-ethyl adjacent to an activating group) is 2. The minimum absolute atomic E-state index is 0.126. The van der Waals surface area contributed by atoms with E-state index in [0.29, 0.717) is 0 Å². The molecule has 2 amide bonds. The van der Waals surface area contributed by atoms with Gasteiger partial charge in [0.1, 0.15) is 24.3 Å². The van der Waals surface area contributed by atoms with Crippen molar-refractivity contribution in [1.82, 2.24) is 14.7 Å². The van der Waals surface area contributed by atoms with Gasteiger partial charge in [0.05, 0.1) is 25.9 Å². The molecule has 1 aliphatic rings. The van der Waals surface area contributed by atoms with Gasteiger partial charge in [-0.1, -0.05) is 0 Å². The minimum atomic E-state index is -3.97. The lowest BCUT2D eigenvalue weighted by atomic mass is 10.2. The second kappa shape index (κ2) is 12.6. The maximum atomic E-state index is 12.6. The third kappa shape index (κ3) is 10.6. The van der Waals surface area contributed by atoms with E-state index >= 15 is 0 Å². The largest absolute Gasteiger partial charge is 0.394 e. The summed E-state index contributed by atoms with van der Waals surface area (Å²) in [6.45, 7) is 3.74. The molecular formula is C18H38N3O10P3. The molecule has 1 heterocycles. The topological polar surface area (TPSA) is 166 Å². The van der Waals surface area contributed by atoms with E-state index in [-0.39, 0.29) is 18.7 Å². The molecule has 0 aliphatic carbocycles. The molecule has 7 atom stereocenters. The Morgan fingerprint density at radius 3 is 2.29 bits per heavy atom. The molecule has 5 unspecified atom stereocenters. The van der Waals surface area contributed by atoms with Crippen molar-refractivity contribution >= 4 is 28.4 Å². The lowest BCUT2D eigenvalue weighted by Crippen LogP contribution is -2.53. The predicted octanol–water partition coefficient (Wildman–Crippen LogP) is 1.50. The van der Waals surface area contributed by atoms with Gasteiger partial charge >= 0.3 is 13.6 Å². The number of aliphatic hydroxyl groups is 2. The van der Waals surface area contributed by atoms with Crippen LogP contribution in [0.3, 0.4) is 0 Å². The Balaban J connectivity index is 2.79. The lowest BCUT2D eigenvalue weighted by Gasteiger charge is -2.39. The molecule has 0 fully saturated rings. The number of hydrogen-bond donors (Lipinski definition) is 3. The van der Waals surface area contributed by atoms with Crippen LogP contribution in [-0.4, -0.2) is 127 Å². The second-order valence-corrected chi connectivity index (χ2v) is 16.6. The number of nitrogens with zero attached hydrogens (tertiary/aromatic N) is 3. The highest BCUT2D eigenvalue weighted by molar-refractivity contribution is 7.78. The SMILES string of the molecule is C[C@H](CN1C=CC(N(C)C)N(C)C1=O)O[C@H](COP(C)(=O)OP(C)(=O)CP(C)(=O)O)C(O)CO. The van der Waals surface area contributed by atoms with Crippen LogP contribution in [0.1, 0.15) is 6.92 Å². The molecule has 0 aromatic carbocycles. The molecule has 0 spiro atoms. The number of ether oxygens (including phenoxy) is 1. The van der Waals surface area contributed by atoms with Gasteiger partial charge in [0.25, 0.3) is 0 Å². The molecule has 0 bridgehead atoms. The van der Waals surface area contributed by atoms with Crippen LogP contribution in [0.2, 0.25) is 0 Å². The Hall–Kier alpha value is -0.580. The summed E-state index contributed by atoms with van der Waals surface area (Å²) in [6, 6.07) is -0.255. The van der Waals surface area contributed by atoms with Gasteiger partial charge in [0.15, 0.2) is 0 Å². The fourth-order valence-electron chi connectivity index (χ4n) is 3.37. The van der Waals surface area contributed by atoms with Crippen molar-refractivity contribution in [2.75, 3.05) is 66.8 Å². The average Bonchev–Trinajstić information content (AvgIpc) is 2.65. The van der Waals surface area contributed by atoms with E-state index in [0.717, 1.165) is 20.0 Å². The Morgan fingerprint density at radius 1 is 1.21 bits per heavy atom. The first-order valence-electron chi connectivity index (χ1n) is 10.5. The second-order valence-electron chi connectivity index (χ2n) is 8.85. The molecule has 0 saturated heterocycles. The first-order valence-corrected chi connectivity index (χ1v) is 17.0. The Labute approximate surface area is 201 Å². The van der Waals surface area contributed by atoms with Crippen molar-refractivity contribution in [2.24, 2.45) is 0 Å². The van der Waals surface area contributed by atoms with Crippen molar-refractivity contribution in [3.63, 3.8) is 0 Å². The Kier molecular flexibility index (Phi) is 11.6. The van der Waals surface area contributed by atoms with Crippen LogP contribution in [0.5, 0.6) is 0 Å². The van der Waals surface area contributed by atoms with Gasteiger partial charge in [0.2, 0.25) is 14.7 Å². The zero-order valence-corrected chi connectivity index (χ0v) is 23.4. The fourth-order valence-corrected chi connectivity index (χ4v) is 11.0. The van der Waals surface area contributed by atoms with Crippen molar-refractivity contribution in [1.29, 1.82) is 0 Å². The number of rotatable bonds is 14. The van der Waals surface area contributed by atoms with Crippen LogP contribution in [0.15, 0.2) is 12.3 Å². The average molecular weight is 549 g/mol. The molecule has 3 N–H and O–H groups in total. The quantitative estimate of drug-likeness (QED) is 0.269. The zero-order chi connectivity index (χ0) is 26.5. The van der Waals surface area contributed by atoms with Crippen LogP contribution < -0.4 is 0 Å². The van der Waals surface area contributed by atoms with Crippen molar-refractivity contribution in [3.05, 3.63) is 12.3 Å². The maximum absolute atomic E-state index is 12.6. The van der Waals surface area contributed by atoms with Crippen LogP contribution in [0, 0.1) is 0 Å². The van der Waals surface area contributed by atoms with Crippen molar-refractivity contribution in [3.8, 4) is 0 Å². The van der Waals surface area contributed by atoms with E-state index in [4.69, 9.17) is 13.6 Å². The van der Waals surface area contributed by atoms with Gasteiger partial charge in [-0.15, -0.1) is 0 Å². The molecule has 1 aliphatic heterocycles. The fraction of sp³-hybridized carbons (Fsp3) is 0.833. The van der Waals surface area contributed by atoms with Gasteiger partial charge < -0.3 is 29.3 Å². The first kappa shape index (κ1) is 31.4. The van der Waals surface area contributed by atoms with Gasteiger partial charge in [-0.05, 0) is 27.1 Å². The molecule has 0 radical (unpaired) electrons. The van der Waals surface area contributed by atoms with E-state index in [9.17, 15) is 33.6 Å². The highest BCUT2D eigenvalue weighted by Gasteiger charge is 2.35. The number of hydrogen-bond acceptors (Lipinski definition) is 10. The molecule has 0 aromatic rings. The number of urea groups is 1. The molecule has 200 valence electrons. The summed E-state index contributed by atoms with van der Waals surface area (Å²) in [4.78, 5) is 26.9. The monoisotopic (exact) mass is 549 g/mol. The summed E-state index contributed by atoms with van der Waals surface area (Å²) in [5.74, 6) is -0.669. The van der Waals surface area contributed by atoms with Gasteiger partial charge in [0, 0.05) is 33.2 Å². The summed E-state index contributed by atoms with van der Waals surface area (Å²) in [5.41, 5.74) is 0. The molecule has 0 aromatic heterocycles. The third-order valence-electron chi connectivity index (χ3n) is 4.70. The Bertz CT molecular complexity index is 864. The molecule has 13 nitrogen and oxygen atoms in total. The Morgan fingerprint density at radius 2 is 1.79 bits per heavy atom. The van der Waals surface area contributed by atoms with Gasteiger partial charge in [-0.25, -0.2) is 4.79 Å². The van der Waals surface area contributed by atoms with Crippen LogP contribution >= 0.6 is 22.3 Å². The summed E-state index contributed by atoms with van der Waals surface area (Å²) in [7, 11) is -6.02. The van der Waals surface area contributed by atoms with Crippen LogP contribution in [-0.2, 0) is 27.3 Å². The summed E-state index contributed by atoms with van der Waals surface area (Å²) >= 11 is 0. The summed E-state index contributed by atoms with van der Waals surface area (Å²) in [5, 5.41) is 19.5. The standard InChI is InChI=1S/C18H38N3O10P3/c1-14(10-21-9-8-17(19(2)3)20(4)18(21)24)30-16(15(23)11-22)12-29-34(7,28)31-33(6,27)13-32(5,25)26/h8-9,14-17,22-23H,10-13H2,1-7H3,(H,25,26)/t14-,15?,16-,17?,33?,34?/m1/s1. The van der Waals surface area contributed by atoms with Crippen molar-refractivity contribution in [2.45, 2.75) is 31.4 Å². The molecule has 34 heavy (non-hydrogen) atoms. The molecule has 0 saturated carbocycles. The van der Waals surface area contributed by atoms with Crippen molar-refractivity contribution < 1.29 is 47.2 Å². The van der Waals surface area contributed by atoms with E-state index in [2.05, 4.69) is 0 Å². The minimum Gasteiger partial charge on any atom is -0.394 e. The number of carbonyl (C=O) groups excluding carboxylic acids is 1. The van der Waals surface area contributed by atoms with Gasteiger partial charge in [-0.3, -0.25) is 27.8 Å². The summed E-state index contributed by atoms with van der Waals surface area (Å²) < 4.78 is 52.6. The van der Waals surface area contributed by atoms with E-state index in [1.165, 1.54) is 4.90 Å². The van der Waals surface area contributed by atoms with E-state index in [1.807, 2.05) is 25.1 Å². The van der Waals surface area contributed by atoms with Gasteiger partial charge in [-0.2, -0.15) is 0 Å². The number of aliphatic hydroxyl groups excluding tert-OH is 2. The number of carbonyl (C=O) groups is 1. The third-order valence-corrected chi connectivity index (χ3v) is 12.0.